The number of nitrogens with one attached hydrogen (secondary N) is 1. The number of halogens is 1. The number of carbonyl (C=O) groups is 1. The van der Waals surface area contributed by atoms with Crippen molar-refractivity contribution in [2.24, 2.45) is 7.05 Å². The zero-order chi connectivity index (χ0) is 18.7. The highest BCUT2D eigenvalue weighted by molar-refractivity contribution is 7.15. The van der Waals surface area contributed by atoms with Gasteiger partial charge in [-0.2, -0.15) is 5.10 Å². The predicted molar refractivity (Wildman–Crippen MR) is 102 cm³/mol. The van der Waals surface area contributed by atoms with Crippen LogP contribution in [0.2, 0.25) is 0 Å². The van der Waals surface area contributed by atoms with E-state index >= 15 is 0 Å². The van der Waals surface area contributed by atoms with Gasteiger partial charge in [0.25, 0.3) is 0 Å². The smallest absolute Gasteiger partial charge is 0.250 e. The first-order valence-corrected chi connectivity index (χ1v) is 8.92. The number of aromatic nitrogens is 3. The van der Waals surface area contributed by atoms with Crippen molar-refractivity contribution in [3.63, 3.8) is 0 Å². The summed E-state index contributed by atoms with van der Waals surface area (Å²) in [5, 5.41) is 7.63. The average molecular weight is 370 g/mol. The molecule has 0 aliphatic carbocycles. The zero-order valence-corrected chi connectivity index (χ0v) is 15.6. The normalized spacial score (nSPS) is 11.2. The number of amides is 1. The van der Waals surface area contributed by atoms with Gasteiger partial charge in [-0.25, -0.2) is 9.37 Å². The largest absolute Gasteiger partial charge is 0.298 e. The molecular weight excluding hydrogens is 351 g/mol. The van der Waals surface area contributed by atoms with Crippen molar-refractivity contribution in [2.45, 2.75) is 20.3 Å². The van der Waals surface area contributed by atoms with Crippen molar-refractivity contribution < 1.29 is 9.18 Å². The first kappa shape index (κ1) is 18.0. The van der Waals surface area contributed by atoms with E-state index in [-0.39, 0.29) is 11.7 Å². The van der Waals surface area contributed by atoms with Gasteiger partial charge < -0.3 is 0 Å². The minimum atomic E-state index is -0.253. The van der Waals surface area contributed by atoms with Gasteiger partial charge in [0.2, 0.25) is 5.91 Å². The molecule has 0 aliphatic rings. The molecule has 2 heterocycles. The van der Waals surface area contributed by atoms with E-state index in [0.29, 0.717) is 11.6 Å². The molecule has 0 saturated carbocycles. The minimum Gasteiger partial charge on any atom is -0.298 e. The molecule has 0 bridgehead atoms. The Kier molecular flexibility index (Phi) is 5.27. The molecule has 1 amide bonds. The summed E-state index contributed by atoms with van der Waals surface area (Å²) >= 11 is 1.41. The summed E-state index contributed by atoms with van der Waals surface area (Å²) in [5.74, 6) is -0.493. The highest BCUT2D eigenvalue weighted by Gasteiger charge is 2.08. The van der Waals surface area contributed by atoms with E-state index in [1.165, 1.54) is 29.5 Å². The molecule has 2 aromatic heterocycles. The van der Waals surface area contributed by atoms with E-state index in [4.69, 9.17) is 0 Å². The standard InChI is InChI=1S/C19H19FN4OS/c1-12-17(13(2)24(3)23-12)8-9-18(25)22-19-21-11-16(26-19)10-14-4-6-15(20)7-5-14/h4-9,11H,10H2,1-3H3,(H,21,22,25)/b9-8+. The second-order valence-corrected chi connectivity index (χ2v) is 7.08. The van der Waals surface area contributed by atoms with Crippen LogP contribution < -0.4 is 5.32 Å². The van der Waals surface area contributed by atoms with Gasteiger partial charge in [-0.05, 0) is 37.6 Å². The van der Waals surface area contributed by atoms with Gasteiger partial charge in [0.15, 0.2) is 5.13 Å². The van der Waals surface area contributed by atoms with Crippen LogP contribution in [0.15, 0.2) is 36.5 Å². The third kappa shape index (κ3) is 4.23. The van der Waals surface area contributed by atoms with Gasteiger partial charge in [-0.1, -0.05) is 12.1 Å². The Morgan fingerprint density at radius 1 is 1.31 bits per heavy atom. The Morgan fingerprint density at radius 2 is 2.04 bits per heavy atom. The molecule has 0 unspecified atom stereocenters. The van der Waals surface area contributed by atoms with E-state index in [9.17, 15) is 9.18 Å². The maximum atomic E-state index is 13.0. The van der Waals surface area contributed by atoms with Crippen molar-refractivity contribution in [3.05, 3.63) is 69.7 Å². The first-order chi connectivity index (χ1) is 12.4. The SMILES string of the molecule is Cc1nn(C)c(C)c1/C=C/C(=O)Nc1ncc(Cc2ccc(F)cc2)s1. The molecule has 134 valence electrons. The molecule has 0 spiro atoms. The molecule has 1 N–H and O–H groups in total. The van der Waals surface area contributed by atoms with Gasteiger partial charge >= 0.3 is 0 Å². The lowest BCUT2D eigenvalue weighted by molar-refractivity contribution is -0.111. The van der Waals surface area contributed by atoms with Crippen molar-refractivity contribution in [1.29, 1.82) is 0 Å². The van der Waals surface area contributed by atoms with Gasteiger partial charge in [0, 0.05) is 41.9 Å². The van der Waals surface area contributed by atoms with Gasteiger partial charge in [-0.3, -0.25) is 14.8 Å². The van der Waals surface area contributed by atoms with E-state index in [1.807, 2.05) is 20.9 Å². The maximum absolute atomic E-state index is 13.0. The van der Waals surface area contributed by atoms with E-state index < -0.39 is 0 Å². The summed E-state index contributed by atoms with van der Waals surface area (Å²) in [6.45, 7) is 3.87. The molecule has 0 aliphatic heterocycles. The second-order valence-electron chi connectivity index (χ2n) is 5.97. The van der Waals surface area contributed by atoms with Crippen molar-refractivity contribution in [1.82, 2.24) is 14.8 Å². The third-order valence-corrected chi connectivity index (χ3v) is 4.95. The Hall–Kier alpha value is -2.80. The molecule has 3 aromatic rings. The molecule has 1 aromatic carbocycles. The van der Waals surface area contributed by atoms with Crippen molar-refractivity contribution >= 4 is 28.5 Å². The Labute approximate surface area is 155 Å². The van der Waals surface area contributed by atoms with Crippen LogP contribution in [0.1, 0.15) is 27.4 Å². The molecule has 7 heteroatoms. The van der Waals surface area contributed by atoms with Gasteiger partial charge in [-0.15, -0.1) is 11.3 Å². The zero-order valence-electron chi connectivity index (χ0n) is 14.8. The second kappa shape index (κ2) is 7.61. The van der Waals surface area contributed by atoms with Crippen LogP contribution in [0.5, 0.6) is 0 Å². The monoisotopic (exact) mass is 370 g/mol. The lowest BCUT2D eigenvalue weighted by atomic mass is 10.1. The Bertz CT molecular complexity index is 957. The van der Waals surface area contributed by atoms with Crippen molar-refractivity contribution in [3.8, 4) is 0 Å². The third-order valence-electron chi connectivity index (χ3n) is 4.04. The average Bonchev–Trinajstić information content (AvgIpc) is 3.12. The molecule has 0 fully saturated rings. The number of hydrogen-bond acceptors (Lipinski definition) is 4. The van der Waals surface area contributed by atoms with Crippen LogP contribution >= 0.6 is 11.3 Å². The fraction of sp³-hybridized carbons (Fsp3) is 0.211. The van der Waals surface area contributed by atoms with Crippen LogP contribution in [0.4, 0.5) is 9.52 Å². The maximum Gasteiger partial charge on any atom is 0.250 e. The summed E-state index contributed by atoms with van der Waals surface area (Å²) in [4.78, 5) is 17.3. The van der Waals surface area contributed by atoms with Crippen LogP contribution in [0.3, 0.4) is 0 Å². The molecule has 26 heavy (non-hydrogen) atoms. The van der Waals surface area contributed by atoms with E-state index in [1.54, 1.807) is 29.1 Å². The lowest BCUT2D eigenvalue weighted by Crippen LogP contribution is -2.07. The molecule has 5 nitrogen and oxygen atoms in total. The highest BCUT2D eigenvalue weighted by atomic mass is 32.1. The molecule has 0 saturated heterocycles. The van der Waals surface area contributed by atoms with Crippen LogP contribution in [0.25, 0.3) is 6.08 Å². The number of nitrogens with zero attached hydrogens (tertiary/aromatic N) is 3. The Morgan fingerprint density at radius 3 is 2.69 bits per heavy atom. The topological polar surface area (TPSA) is 59.8 Å². The first-order valence-electron chi connectivity index (χ1n) is 8.11. The molecule has 0 atom stereocenters. The van der Waals surface area contributed by atoms with Crippen LogP contribution in [-0.2, 0) is 18.3 Å². The molecule has 0 radical (unpaired) electrons. The summed E-state index contributed by atoms with van der Waals surface area (Å²) in [6, 6.07) is 6.36. The van der Waals surface area contributed by atoms with Crippen LogP contribution in [0, 0.1) is 19.7 Å². The minimum absolute atomic E-state index is 0.240. The summed E-state index contributed by atoms with van der Waals surface area (Å²) < 4.78 is 14.7. The summed E-state index contributed by atoms with van der Waals surface area (Å²) in [5.41, 5.74) is 3.82. The van der Waals surface area contributed by atoms with E-state index in [0.717, 1.165) is 27.4 Å². The summed E-state index contributed by atoms with van der Waals surface area (Å²) in [6.07, 6.45) is 5.62. The lowest BCUT2D eigenvalue weighted by Gasteiger charge is -1.98. The number of aryl methyl sites for hydroxylation is 2. The quantitative estimate of drug-likeness (QED) is 0.694. The van der Waals surface area contributed by atoms with Gasteiger partial charge in [0.1, 0.15) is 5.82 Å². The van der Waals surface area contributed by atoms with Crippen LogP contribution in [-0.4, -0.2) is 20.7 Å². The predicted octanol–water partition coefficient (Wildman–Crippen LogP) is 3.88. The fourth-order valence-electron chi connectivity index (χ4n) is 2.59. The number of thiazole rings is 1. The van der Waals surface area contributed by atoms with E-state index in [2.05, 4.69) is 15.4 Å². The Balaban J connectivity index is 1.62. The number of anilines is 1. The number of hydrogen-bond donors (Lipinski definition) is 1. The number of benzene rings is 1. The highest BCUT2D eigenvalue weighted by Crippen LogP contribution is 2.21. The molecule has 3 rings (SSSR count). The number of rotatable bonds is 5. The molecular formula is C19H19FN4OS. The number of carbonyl (C=O) groups excluding carboxylic acids is 1. The van der Waals surface area contributed by atoms with Crippen molar-refractivity contribution in [2.75, 3.05) is 5.32 Å². The van der Waals surface area contributed by atoms with Gasteiger partial charge in [0.05, 0.1) is 5.69 Å². The summed E-state index contributed by atoms with van der Waals surface area (Å²) in [7, 11) is 1.87. The fourth-order valence-corrected chi connectivity index (χ4v) is 3.44.